The molecule has 0 atom stereocenters. The molecule has 0 radical (unpaired) electrons. The Hall–Kier alpha value is -1.47. The summed E-state index contributed by atoms with van der Waals surface area (Å²) in [5.41, 5.74) is -1.22. The number of carbonyl (C=O) groups excluding carboxylic acids is 1. The largest absolute Gasteiger partial charge is 0.418 e. The van der Waals surface area contributed by atoms with Gasteiger partial charge in [0.2, 0.25) is 0 Å². The van der Waals surface area contributed by atoms with Gasteiger partial charge in [-0.25, -0.2) is 4.79 Å². The number of alkyl halides is 3. The maximum absolute atomic E-state index is 13.1. The smallest absolute Gasteiger partial charge is 0.322 e. The highest BCUT2D eigenvalue weighted by Gasteiger charge is 2.34. The first-order chi connectivity index (χ1) is 11.2. The van der Waals surface area contributed by atoms with Crippen LogP contribution in [0.5, 0.6) is 0 Å². The van der Waals surface area contributed by atoms with Gasteiger partial charge in [-0.2, -0.15) is 13.2 Å². The summed E-state index contributed by atoms with van der Waals surface area (Å²) in [4.78, 5) is 16.0. The van der Waals surface area contributed by atoms with Gasteiger partial charge in [0.25, 0.3) is 0 Å². The summed E-state index contributed by atoms with van der Waals surface area (Å²) in [5, 5.41) is 2.33. The molecule has 4 nitrogen and oxygen atoms in total. The Morgan fingerprint density at radius 1 is 1.25 bits per heavy atom. The molecule has 24 heavy (non-hydrogen) atoms. The summed E-state index contributed by atoms with van der Waals surface area (Å²) in [7, 11) is 0. The lowest BCUT2D eigenvalue weighted by Gasteiger charge is -2.35. The van der Waals surface area contributed by atoms with Crippen molar-refractivity contribution in [2.24, 2.45) is 5.92 Å². The van der Waals surface area contributed by atoms with E-state index in [0.717, 1.165) is 25.7 Å². The van der Waals surface area contributed by atoms with Crippen LogP contribution in [0.3, 0.4) is 0 Å². The molecule has 2 amide bonds. The fourth-order valence-electron chi connectivity index (χ4n) is 2.70. The van der Waals surface area contributed by atoms with Gasteiger partial charge in [-0.1, -0.05) is 25.4 Å². The number of nitrogens with zero attached hydrogens (tertiary/aromatic N) is 2. The van der Waals surface area contributed by atoms with Gasteiger partial charge in [-0.05, 0) is 24.1 Å². The van der Waals surface area contributed by atoms with Crippen LogP contribution in [0.15, 0.2) is 18.2 Å². The van der Waals surface area contributed by atoms with E-state index in [-0.39, 0.29) is 10.7 Å². The number of hydrogen-bond acceptors (Lipinski definition) is 2. The van der Waals surface area contributed by atoms with Gasteiger partial charge >= 0.3 is 12.2 Å². The van der Waals surface area contributed by atoms with Crippen molar-refractivity contribution in [3.8, 4) is 0 Å². The minimum Gasteiger partial charge on any atom is -0.322 e. The molecule has 1 aliphatic rings. The van der Waals surface area contributed by atoms with E-state index in [1.165, 1.54) is 17.0 Å². The molecule has 1 aliphatic heterocycles. The lowest BCUT2D eigenvalue weighted by molar-refractivity contribution is -0.136. The van der Waals surface area contributed by atoms with Gasteiger partial charge in [0.05, 0.1) is 11.3 Å². The molecule has 1 N–H and O–H groups in total. The molecule has 0 bridgehead atoms. The van der Waals surface area contributed by atoms with Crippen LogP contribution >= 0.6 is 11.6 Å². The number of piperazine rings is 1. The lowest BCUT2D eigenvalue weighted by Crippen LogP contribution is -2.50. The maximum atomic E-state index is 13.1. The second-order valence-electron chi connectivity index (χ2n) is 6.30. The average Bonchev–Trinajstić information content (AvgIpc) is 2.48. The highest BCUT2D eigenvalue weighted by atomic mass is 35.5. The van der Waals surface area contributed by atoms with Crippen molar-refractivity contribution < 1.29 is 18.0 Å². The van der Waals surface area contributed by atoms with Crippen molar-refractivity contribution in [2.75, 3.05) is 38.0 Å². The van der Waals surface area contributed by atoms with Crippen LogP contribution < -0.4 is 5.32 Å². The summed E-state index contributed by atoms with van der Waals surface area (Å²) < 4.78 is 39.2. The van der Waals surface area contributed by atoms with Crippen molar-refractivity contribution in [1.82, 2.24) is 9.80 Å². The van der Waals surface area contributed by atoms with Crippen LogP contribution in [-0.2, 0) is 6.18 Å². The van der Waals surface area contributed by atoms with E-state index in [1.54, 1.807) is 0 Å². The molecule has 0 saturated carbocycles. The molecule has 134 valence electrons. The first kappa shape index (κ1) is 18.9. The third kappa shape index (κ3) is 5.01. The number of anilines is 1. The first-order valence-electron chi connectivity index (χ1n) is 7.82. The Morgan fingerprint density at radius 2 is 1.88 bits per heavy atom. The highest BCUT2D eigenvalue weighted by molar-refractivity contribution is 6.30. The van der Waals surface area contributed by atoms with Gasteiger partial charge in [0, 0.05) is 37.7 Å². The molecule has 1 aromatic rings. The van der Waals surface area contributed by atoms with Crippen LogP contribution in [-0.4, -0.2) is 48.6 Å². The fourth-order valence-corrected chi connectivity index (χ4v) is 2.88. The third-order valence-corrected chi connectivity index (χ3v) is 4.05. The van der Waals surface area contributed by atoms with E-state index in [2.05, 4.69) is 24.1 Å². The molecule has 1 aromatic carbocycles. The van der Waals surface area contributed by atoms with E-state index < -0.39 is 17.8 Å². The Labute approximate surface area is 144 Å². The van der Waals surface area contributed by atoms with E-state index in [1.807, 2.05) is 0 Å². The topological polar surface area (TPSA) is 35.6 Å². The number of benzene rings is 1. The van der Waals surface area contributed by atoms with Gasteiger partial charge in [0.15, 0.2) is 0 Å². The van der Waals surface area contributed by atoms with Gasteiger partial charge in [-0.3, -0.25) is 4.90 Å². The summed E-state index contributed by atoms with van der Waals surface area (Å²) >= 11 is 5.64. The first-order valence-corrected chi connectivity index (χ1v) is 8.19. The molecule has 0 unspecified atom stereocenters. The van der Waals surface area contributed by atoms with Crippen LogP contribution in [0, 0.1) is 5.92 Å². The van der Waals surface area contributed by atoms with Gasteiger partial charge < -0.3 is 10.2 Å². The number of halogens is 4. The molecule has 1 heterocycles. The fraction of sp³-hybridized carbons (Fsp3) is 0.562. The summed E-state index contributed by atoms with van der Waals surface area (Å²) in [5.74, 6) is 0.536. The van der Waals surface area contributed by atoms with Crippen molar-refractivity contribution in [2.45, 2.75) is 20.0 Å². The Kier molecular flexibility index (Phi) is 5.98. The molecule has 2 rings (SSSR count). The van der Waals surface area contributed by atoms with E-state index >= 15 is 0 Å². The molecule has 0 aromatic heterocycles. The van der Waals surface area contributed by atoms with Crippen LogP contribution in [0.4, 0.5) is 23.7 Å². The molecular formula is C16H21ClF3N3O. The van der Waals surface area contributed by atoms with Crippen molar-refractivity contribution in [3.05, 3.63) is 28.8 Å². The van der Waals surface area contributed by atoms with Gasteiger partial charge in [-0.15, -0.1) is 0 Å². The monoisotopic (exact) mass is 363 g/mol. The van der Waals surface area contributed by atoms with E-state index in [4.69, 9.17) is 11.6 Å². The minimum atomic E-state index is -4.58. The number of amides is 2. The van der Waals surface area contributed by atoms with Crippen LogP contribution in [0.1, 0.15) is 19.4 Å². The van der Waals surface area contributed by atoms with Crippen molar-refractivity contribution >= 4 is 23.3 Å². The zero-order valence-electron chi connectivity index (χ0n) is 13.7. The van der Waals surface area contributed by atoms with Gasteiger partial charge in [0.1, 0.15) is 0 Å². The number of nitrogens with one attached hydrogen (secondary N) is 1. The van der Waals surface area contributed by atoms with Crippen LogP contribution in [0.2, 0.25) is 5.02 Å². The number of hydrogen-bond donors (Lipinski definition) is 1. The summed E-state index contributed by atoms with van der Waals surface area (Å²) in [6, 6.07) is 2.80. The average molecular weight is 364 g/mol. The molecule has 1 saturated heterocycles. The lowest BCUT2D eigenvalue weighted by atomic mass is 10.1. The predicted octanol–water partition coefficient (Wildman–Crippen LogP) is 4.16. The van der Waals surface area contributed by atoms with E-state index in [0.29, 0.717) is 19.0 Å². The second kappa shape index (κ2) is 7.61. The Bertz CT molecular complexity index is 584. The number of rotatable bonds is 3. The maximum Gasteiger partial charge on any atom is 0.418 e. The molecule has 1 fully saturated rings. The SMILES string of the molecule is CC(C)CN1CCN(C(=O)Nc2ccc(Cl)cc2C(F)(F)F)CC1. The second-order valence-corrected chi connectivity index (χ2v) is 6.74. The Morgan fingerprint density at radius 3 is 2.42 bits per heavy atom. The zero-order valence-corrected chi connectivity index (χ0v) is 14.4. The molecule has 0 spiro atoms. The predicted molar refractivity (Wildman–Crippen MR) is 88.3 cm³/mol. The quantitative estimate of drug-likeness (QED) is 0.875. The van der Waals surface area contributed by atoms with Crippen molar-refractivity contribution in [3.63, 3.8) is 0 Å². The standard InChI is InChI=1S/C16H21ClF3N3O/c1-11(2)10-22-5-7-23(8-6-22)15(24)21-14-4-3-12(17)9-13(14)16(18,19)20/h3-4,9,11H,5-8,10H2,1-2H3,(H,21,24). The van der Waals surface area contributed by atoms with Crippen molar-refractivity contribution in [1.29, 1.82) is 0 Å². The molecule has 8 heteroatoms. The highest BCUT2D eigenvalue weighted by Crippen LogP contribution is 2.36. The summed E-state index contributed by atoms with van der Waals surface area (Å²) in [6.07, 6.45) is -4.58. The van der Waals surface area contributed by atoms with Crippen LogP contribution in [0.25, 0.3) is 0 Å². The number of carbonyl (C=O) groups is 1. The molecular weight excluding hydrogens is 343 g/mol. The molecule has 0 aliphatic carbocycles. The zero-order chi connectivity index (χ0) is 17.9. The minimum absolute atomic E-state index is 0.0253. The third-order valence-electron chi connectivity index (χ3n) is 3.81. The Balaban J connectivity index is 2.01. The summed E-state index contributed by atoms with van der Waals surface area (Å²) in [6.45, 7) is 7.62. The van der Waals surface area contributed by atoms with E-state index in [9.17, 15) is 18.0 Å². The normalized spacial score (nSPS) is 16.5. The number of urea groups is 1.